The lowest BCUT2D eigenvalue weighted by Crippen LogP contribution is -2.10. The van der Waals surface area contributed by atoms with Crippen LogP contribution in [0.2, 0.25) is 0 Å². The van der Waals surface area contributed by atoms with Gasteiger partial charge in [-0.25, -0.2) is 0 Å². The molecule has 148 valence electrons. The molecule has 4 aromatic carbocycles. The van der Waals surface area contributed by atoms with Gasteiger partial charge in [0, 0.05) is 56.8 Å². The summed E-state index contributed by atoms with van der Waals surface area (Å²) in [7, 11) is 0. The van der Waals surface area contributed by atoms with Gasteiger partial charge in [0.15, 0.2) is 0 Å². The molecule has 1 heterocycles. The van der Waals surface area contributed by atoms with Gasteiger partial charge in [0.2, 0.25) is 0 Å². The molecule has 1 aromatic heterocycles. The second kappa shape index (κ2) is 7.16. The smallest absolute Gasteiger partial charge is 0.0492 e. The summed E-state index contributed by atoms with van der Waals surface area (Å²) < 4.78 is 2.37. The summed E-state index contributed by atoms with van der Waals surface area (Å²) >= 11 is 0. The molecule has 4 heteroatoms. The molecule has 0 saturated carbocycles. The summed E-state index contributed by atoms with van der Waals surface area (Å²) in [6.45, 7) is 3.12. The van der Waals surface area contributed by atoms with E-state index in [2.05, 4.69) is 58.9 Å². The Kier molecular flexibility index (Phi) is 4.32. The molecule has 5 aromatic rings. The molecule has 0 unspecified atom stereocenters. The van der Waals surface area contributed by atoms with Crippen molar-refractivity contribution in [2.45, 2.75) is 13.5 Å². The Morgan fingerprint density at radius 2 is 1.17 bits per heavy atom. The van der Waals surface area contributed by atoms with E-state index in [0.29, 0.717) is 0 Å². The first kappa shape index (κ1) is 18.1. The summed E-state index contributed by atoms with van der Waals surface area (Å²) in [5.41, 5.74) is 19.1. The van der Waals surface area contributed by atoms with E-state index in [1.54, 1.807) is 0 Å². The van der Waals surface area contributed by atoms with Gasteiger partial charge in [0.1, 0.15) is 0 Å². The number of nitrogen functional groups attached to an aromatic ring is 2. The number of aryl methyl sites for hydroxylation is 1. The third-order valence-electron chi connectivity index (χ3n) is 5.63. The van der Waals surface area contributed by atoms with Crippen molar-refractivity contribution in [2.75, 3.05) is 16.4 Å². The van der Waals surface area contributed by atoms with E-state index in [1.807, 2.05) is 48.5 Å². The van der Waals surface area contributed by atoms with Crippen LogP contribution in [-0.2, 0) is 6.54 Å². The molecule has 4 nitrogen and oxygen atoms in total. The fraction of sp³-hybridized carbons (Fsp3) is 0.0769. The number of benzene rings is 4. The predicted octanol–water partition coefficient (Wildman–Crippen LogP) is 6.45. The van der Waals surface area contributed by atoms with Crippen molar-refractivity contribution in [1.82, 2.24) is 4.57 Å². The van der Waals surface area contributed by atoms with Crippen molar-refractivity contribution in [3.8, 4) is 0 Å². The zero-order valence-electron chi connectivity index (χ0n) is 16.9. The van der Waals surface area contributed by atoms with Crippen LogP contribution in [-0.4, -0.2) is 4.57 Å². The number of hydrogen-bond donors (Lipinski definition) is 2. The van der Waals surface area contributed by atoms with E-state index in [-0.39, 0.29) is 0 Å². The van der Waals surface area contributed by atoms with Crippen molar-refractivity contribution in [2.24, 2.45) is 0 Å². The molecular formula is C26H24N4. The van der Waals surface area contributed by atoms with Gasteiger partial charge in [-0.15, -0.1) is 0 Å². The summed E-state index contributed by atoms with van der Waals surface area (Å²) in [5.74, 6) is 0. The quantitative estimate of drug-likeness (QED) is 0.346. The highest BCUT2D eigenvalue weighted by molar-refractivity contribution is 6.09. The van der Waals surface area contributed by atoms with Gasteiger partial charge < -0.3 is 20.9 Å². The van der Waals surface area contributed by atoms with Crippen molar-refractivity contribution < 1.29 is 0 Å². The fourth-order valence-corrected chi connectivity index (χ4v) is 4.22. The van der Waals surface area contributed by atoms with Crippen LogP contribution in [0.1, 0.15) is 6.92 Å². The number of rotatable bonds is 4. The third-order valence-corrected chi connectivity index (χ3v) is 5.63. The van der Waals surface area contributed by atoms with Crippen LogP contribution in [0.5, 0.6) is 0 Å². The lowest BCUT2D eigenvalue weighted by Gasteiger charge is -2.26. The van der Waals surface area contributed by atoms with E-state index in [9.17, 15) is 0 Å². The standard InChI is InChI=1S/C26H24N4/c1-2-29-25-6-4-3-5-23(25)24-17-22(15-16-26(24)29)30(20-11-7-18(27)8-12-20)21-13-9-19(28)10-14-21/h3-17H,2,27-28H2,1H3. The van der Waals surface area contributed by atoms with E-state index in [0.717, 1.165) is 35.0 Å². The third kappa shape index (κ3) is 2.94. The first-order valence-corrected chi connectivity index (χ1v) is 10.2. The number of para-hydroxylation sites is 1. The average molecular weight is 393 g/mol. The van der Waals surface area contributed by atoms with Gasteiger partial charge in [0.05, 0.1) is 0 Å². The van der Waals surface area contributed by atoms with Crippen LogP contribution in [0.3, 0.4) is 0 Å². The molecular weight excluding hydrogens is 368 g/mol. The first-order valence-electron chi connectivity index (χ1n) is 10.2. The molecule has 0 atom stereocenters. The topological polar surface area (TPSA) is 60.2 Å². The van der Waals surface area contributed by atoms with Crippen molar-refractivity contribution in [1.29, 1.82) is 0 Å². The van der Waals surface area contributed by atoms with Gasteiger partial charge in [-0.3, -0.25) is 0 Å². The zero-order chi connectivity index (χ0) is 20.7. The number of nitrogens with zero attached hydrogens (tertiary/aromatic N) is 2. The molecule has 0 fully saturated rings. The molecule has 5 rings (SSSR count). The Morgan fingerprint density at radius 3 is 1.77 bits per heavy atom. The Bertz CT molecular complexity index is 1290. The summed E-state index contributed by atoms with van der Waals surface area (Å²) in [6.07, 6.45) is 0. The van der Waals surface area contributed by atoms with E-state index in [1.165, 1.54) is 21.8 Å². The van der Waals surface area contributed by atoms with Crippen molar-refractivity contribution in [3.63, 3.8) is 0 Å². The number of fused-ring (bicyclic) bond motifs is 3. The Labute approximate surface area is 175 Å². The second-order valence-electron chi connectivity index (χ2n) is 7.48. The highest BCUT2D eigenvalue weighted by Gasteiger charge is 2.16. The predicted molar refractivity (Wildman–Crippen MR) is 129 cm³/mol. The number of anilines is 5. The fourth-order valence-electron chi connectivity index (χ4n) is 4.22. The Balaban J connectivity index is 1.75. The Morgan fingerprint density at radius 1 is 0.633 bits per heavy atom. The molecule has 0 bridgehead atoms. The number of nitrogens with two attached hydrogens (primary N) is 2. The highest BCUT2D eigenvalue weighted by atomic mass is 15.1. The molecule has 0 spiro atoms. The van der Waals surface area contributed by atoms with Crippen molar-refractivity contribution in [3.05, 3.63) is 91.0 Å². The lowest BCUT2D eigenvalue weighted by molar-refractivity contribution is 0.827. The number of aromatic nitrogens is 1. The average Bonchev–Trinajstić information content (AvgIpc) is 3.10. The maximum atomic E-state index is 5.94. The molecule has 4 N–H and O–H groups in total. The second-order valence-corrected chi connectivity index (χ2v) is 7.48. The molecule has 0 aliphatic carbocycles. The van der Waals surface area contributed by atoms with Crippen LogP contribution in [0, 0.1) is 0 Å². The Hall–Kier alpha value is -3.92. The molecule has 0 amide bonds. The molecule has 0 radical (unpaired) electrons. The van der Waals surface area contributed by atoms with Crippen LogP contribution >= 0.6 is 0 Å². The highest BCUT2D eigenvalue weighted by Crippen LogP contribution is 2.38. The van der Waals surface area contributed by atoms with Crippen molar-refractivity contribution >= 4 is 50.2 Å². The maximum Gasteiger partial charge on any atom is 0.0492 e. The summed E-state index contributed by atoms with van der Waals surface area (Å²) in [6, 6.07) is 31.2. The zero-order valence-corrected chi connectivity index (χ0v) is 16.9. The summed E-state index contributed by atoms with van der Waals surface area (Å²) in [4.78, 5) is 2.23. The minimum Gasteiger partial charge on any atom is -0.399 e. The van der Waals surface area contributed by atoms with Gasteiger partial charge in [0.25, 0.3) is 0 Å². The SMILES string of the molecule is CCn1c2ccccc2c2cc(N(c3ccc(N)cc3)c3ccc(N)cc3)ccc21. The maximum absolute atomic E-state index is 5.94. The minimum atomic E-state index is 0.748. The monoisotopic (exact) mass is 392 g/mol. The van der Waals surface area contributed by atoms with Gasteiger partial charge in [-0.2, -0.15) is 0 Å². The molecule has 0 saturated heterocycles. The van der Waals surface area contributed by atoms with E-state index < -0.39 is 0 Å². The van der Waals surface area contributed by atoms with Gasteiger partial charge in [-0.1, -0.05) is 18.2 Å². The largest absolute Gasteiger partial charge is 0.399 e. The molecule has 30 heavy (non-hydrogen) atoms. The van der Waals surface area contributed by atoms with E-state index >= 15 is 0 Å². The first-order chi connectivity index (χ1) is 14.7. The summed E-state index contributed by atoms with van der Waals surface area (Å²) in [5, 5.41) is 2.52. The van der Waals surface area contributed by atoms with Crippen LogP contribution in [0.4, 0.5) is 28.4 Å². The molecule has 0 aliphatic rings. The number of hydrogen-bond acceptors (Lipinski definition) is 3. The van der Waals surface area contributed by atoms with Crippen LogP contribution in [0.15, 0.2) is 91.0 Å². The minimum absolute atomic E-state index is 0.748. The molecule has 0 aliphatic heterocycles. The lowest BCUT2D eigenvalue weighted by atomic mass is 10.1. The van der Waals surface area contributed by atoms with Crippen LogP contribution < -0.4 is 16.4 Å². The normalized spacial score (nSPS) is 11.2. The van der Waals surface area contributed by atoms with E-state index in [4.69, 9.17) is 11.5 Å². The van der Waals surface area contributed by atoms with Gasteiger partial charge in [-0.05, 0) is 79.7 Å². The van der Waals surface area contributed by atoms with Crippen LogP contribution in [0.25, 0.3) is 21.8 Å². The van der Waals surface area contributed by atoms with Gasteiger partial charge >= 0.3 is 0 Å².